The second kappa shape index (κ2) is 9.80. The van der Waals surface area contributed by atoms with Gasteiger partial charge in [0.05, 0.1) is 21.5 Å². The van der Waals surface area contributed by atoms with E-state index in [1.165, 1.54) is 17.4 Å². The van der Waals surface area contributed by atoms with Crippen LogP contribution < -0.4 is 10.6 Å². The number of nitrogens with zero attached hydrogens (tertiary/aromatic N) is 1. The number of rotatable bonds is 7. The summed E-state index contributed by atoms with van der Waals surface area (Å²) in [5.74, 6) is -1.74. The highest BCUT2D eigenvalue weighted by Gasteiger charge is 2.67. The number of halogens is 4. The van der Waals surface area contributed by atoms with Crippen molar-refractivity contribution in [2.75, 3.05) is 11.9 Å². The molecule has 0 aliphatic heterocycles. The standard InChI is InChI=1S/C23H19Cl4N3O2S/c1-12-8-13(10-14(24)9-12)19-20(23(19,26)27)22(32)30-15-2-3-17(25)16(11-15)21(31)29-5-4-18-28-6-7-33-18/h2-3,6-11,19-20H,4-5H2,1H3,(H,29,31)(H,30,32). The van der Waals surface area contributed by atoms with Crippen molar-refractivity contribution >= 4 is 75.2 Å². The van der Waals surface area contributed by atoms with Gasteiger partial charge in [0.15, 0.2) is 0 Å². The van der Waals surface area contributed by atoms with E-state index in [0.29, 0.717) is 23.7 Å². The van der Waals surface area contributed by atoms with Crippen LogP contribution in [0.3, 0.4) is 0 Å². The van der Waals surface area contributed by atoms with Crippen LogP contribution in [-0.4, -0.2) is 27.7 Å². The fourth-order valence-corrected chi connectivity index (χ4v) is 5.71. The van der Waals surface area contributed by atoms with Crippen molar-refractivity contribution in [2.24, 2.45) is 5.92 Å². The Balaban J connectivity index is 1.43. The molecule has 1 fully saturated rings. The molecule has 0 bridgehead atoms. The Kier molecular flexibility index (Phi) is 7.22. The summed E-state index contributed by atoms with van der Waals surface area (Å²) in [5.41, 5.74) is 2.44. The van der Waals surface area contributed by atoms with Crippen LogP contribution in [0.25, 0.3) is 0 Å². The molecule has 1 aliphatic carbocycles. The van der Waals surface area contributed by atoms with E-state index in [0.717, 1.165) is 16.1 Å². The predicted molar refractivity (Wildman–Crippen MR) is 135 cm³/mol. The Morgan fingerprint density at radius 1 is 1.15 bits per heavy atom. The van der Waals surface area contributed by atoms with Gasteiger partial charge in [0.25, 0.3) is 5.91 Å². The number of benzene rings is 2. The molecule has 33 heavy (non-hydrogen) atoms. The maximum absolute atomic E-state index is 13.0. The summed E-state index contributed by atoms with van der Waals surface area (Å²) < 4.78 is -1.25. The molecule has 172 valence electrons. The zero-order valence-electron chi connectivity index (χ0n) is 17.4. The number of alkyl halides is 2. The van der Waals surface area contributed by atoms with Crippen LogP contribution >= 0.6 is 57.7 Å². The fourth-order valence-electron chi connectivity index (χ4n) is 3.76. The lowest BCUT2D eigenvalue weighted by molar-refractivity contribution is -0.117. The van der Waals surface area contributed by atoms with E-state index in [9.17, 15) is 9.59 Å². The zero-order chi connectivity index (χ0) is 23.8. The summed E-state index contributed by atoms with van der Waals surface area (Å²) >= 11 is 26.8. The lowest BCUT2D eigenvalue weighted by atomic mass is 10.1. The first-order chi connectivity index (χ1) is 15.7. The highest BCUT2D eigenvalue weighted by molar-refractivity contribution is 7.09. The van der Waals surface area contributed by atoms with E-state index in [4.69, 9.17) is 46.4 Å². The molecule has 4 rings (SSSR count). The molecule has 5 nitrogen and oxygen atoms in total. The molecule has 1 saturated carbocycles. The maximum Gasteiger partial charge on any atom is 0.252 e. The van der Waals surface area contributed by atoms with E-state index >= 15 is 0 Å². The van der Waals surface area contributed by atoms with E-state index < -0.39 is 10.3 Å². The van der Waals surface area contributed by atoms with Gasteiger partial charge in [-0.05, 0) is 48.4 Å². The first-order valence-electron chi connectivity index (χ1n) is 10.1. The van der Waals surface area contributed by atoms with Gasteiger partial charge < -0.3 is 10.6 Å². The summed E-state index contributed by atoms with van der Waals surface area (Å²) in [7, 11) is 0. The van der Waals surface area contributed by atoms with Crippen LogP contribution in [0.4, 0.5) is 5.69 Å². The summed E-state index contributed by atoms with van der Waals surface area (Å²) in [4.78, 5) is 29.7. The number of anilines is 1. The van der Waals surface area contributed by atoms with Crippen molar-refractivity contribution < 1.29 is 9.59 Å². The monoisotopic (exact) mass is 541 g/mol. The van der Waals surface area contributed by atoms with E-state index in [2.05, 4.69) is 15.6 Å². The molecule has 2 N–H and O–H groups in total. The van der Waals surface area contributed by atoms with Gasteiger partial charge in [-0.3, -0.25) is 9.59 Å². The average Bonchev–Trinajstić information content (AvgIpc) is 3.06. The lowest BCUT2D eigenvalue weighted by Crippen LogP contribution is -2.26. The summed E-state index contributed by atoms with van der Waals surface area (Å²) in [6.45, 7) is 2.33. The highest BCUT2D eigenvalue weighted by Crippen LogP contribution is 2.65. The quantitative estimate of drug-likeness (QED) is 0.346. The van der Waals surface area contributed by atoms with Gasteiger partial charge in [0, 0.05) is 41.2 Å². The molecule has 2 aromatic carbocycles. The lowest BCUT2D eigenvalue weighted by Gasteiger charge is -2.10. The number of carbonyl (C=O) groups is 2. The number of hydrogen-bond acceptors (Lipinski definition) is 4. The Bertz CT molecular complexity index is 1180. The van der Waals surface area contributed by atoms with Crippen molar-refractivity contribution in [3.8, 4) is 0 Å². The molecule has 1 aliphatic rings. The minimum Gasteiger partial charge on any atom is -0.352 e. The van der Waals surface area contributed by atoms with E-state index in [1.807, 2.05) is 24.4 Å². The number of hydrogen-bond donors (Lipinski definition) is 2. The van der Waals surface area contributed by atoms with Gasteiger partial charge in [-0.25, -0.2) is 4.98 Å². The first kappa shape index (κ1) is 24.3. The SMILES string of the molecule is Cc1cc(Cl)cc(C2C(C(=O)Nc3ccc(Cl)c(C(=O)NCCc4nccs4)c3)C2(Cl)Cl)c1. The maximum atomic E-state index is 13.0. The van der Waals surface area contributed by atoms with E-state index in [1.54, 1.807) is 24.4 Å². The molecular weight excluding hydrogens is 524 g/mol. The summed E-state index contributed by atoms with van der Waals surface area (Å²) in [5, 5.41) is 9.28. The highest BCUT2D eigenvalue weighted by atomic mass is 35.5. The molecule has 3 aromatic rings. The minimum absolute atomic E-state index is 0.259. The minimum atomic E-state index is -1.25. The second-order valence-electron chi connectivity index (χ2n) is 7.81. The zero-order valence-corrected chi connectivity index (χ0v) is 21.2. The Morgan fingerprint density at radius 3 is 2.64 bits per heavy atom. The Labute approximate surface area is 215 Å². The molecule has 0 radical (unpaired) electrons. The smallest absolute Gasteiger partial charge is 0.252 e. The third kappa shape index (κ3) is 5.47. The predicted octanol–water partition coefficient (Wildman–Crippen LogP) is 6.26. The third-order valence-corrected chi connectivity index (χ3v) is 7.67. The molecule has 0 saturated heterocycles. The van der Waals surface area contributed by atoms with Gasteiger partial charge in [-0.2, -0.15) is 0 Å². The van der Waals surface area contributed by atoms with Crippen LogP contribution in [-0.2, 0) is 11.2 Å². The van der Waals surface area contributed by atoms with Crippen molar-refractivity contribution in [1.82, 2.24) is 10.3 Å². The van der Waals surface area contributed by atoms with Crippen molar-refractivity contribution in [2.45, 2.75) is 23.6 Å². The second-order valence-corrected chi connectivity index (χ2v) is 11.1. The number of aryl methyl sites for hydroxylation is 1. The molecular formula is C23H19Cl4N3O2S. The fraction of sp³-hybridized carbons (Fsp3) is 0.261. The molecule has 2 unspecified atom stereocenters. The Hall–Kier alpha value is -1.83. The molecule has 1 heterocycles. The van der Waals surface area contributed by atoms with Gasteiger partial charge in [-0.15, -0.1) is 34.5 Å². The van der Waals surface area contributed by atoms with Crippen LogP contribution in [0, 0.1) is 12.8 Å². The van der Waals surface area contributed by atoms with Gasteiger partial charge >= 0.3 is 0 Å². The topological polar surface area (TPSA) is 71.1 Å². The van der Waals surface area contributed by atoms with Gasteiger partial charge in [0.2, 0.25) is 5.91 Å². The largest absolute Gasteiger partial charge is 0.352 e. The number of nitrogens with one attached hydrogen (secondary N) is 2. The Morgan fingerprint density at radius 2 is 1.94 bits per heavy atom. The number of aromatic nitrogens is 1. The third-order valence-electron chi connectivity index (χ3n) is 5.35. The van der Waals surface area contributed by atoms with Crippen LogP contribution in [0.1, 0.15) is 32.4 Å². The van der Waals surface area contributed by atoms with Crippen molar-refractivity contribution in [3.05, 3.63) is 79.7 Å². The molecule has 1 aromatic heterocycles. The van der Waals surface area contributed by atoms with Gasteiger partial charge in [0.1, 0.15) is 4.33 Å². The average molecular weight is 543 g/mol. The normalized spacial score (nSPS) is 18.6. The summed E-state index contributed by atoms with van der Waals surface area (Å²) in [6.07, 6.45) is 2.34. The van der Waals surface area contributed by atoms with Crippen molar-refractivity contribution in [1.29, 1.82) is 0 Å². The van der Waals surface area contributed by atoms with Crippen LogP contribution in [0.15, 0.2) is 48.0 Å². The van der Waals surface area contributed by atoms with Crippen LogP contribution in [0.2, 0.25) is 10.0 Å². The first-order valence-corrected chi connectivity index (χ1v) is 12.5. The number of amides is 2. The van der Waals surface area contributed by atoms with Gasteiger partial charge in [-0.1, -0.05) is 29.3 Å². The molecule has 0 spiro atoms. The molecule has 2 amide bonds. The number of carbonyl (C=O) groups excluding carboxylic acids is 2. The molecule has 2 atom stereocenters. The van der Waals surface area contributed by atoms with Crippen LogP contribution in [0.5, 0.6) is 0 Å². The van der Waals surface area contributed by atoms with E-state index in [-0.39, 0.29) is 28.3 Å². The summed E-state index contributed by atoms with van der Waals surface area (Å²) in [6, 6.07) is 10.2. The van der Waals surface area contributed by atoms with Crippen molar-refractivity contribution in [3.63, 3.8) is 0 Å². The molecule has 10 heteroatoms. The number of thiazole rings is 1.